The van der Waals surface area contributed by atoms with Crippen LogP contribution in [0.3, 0.4) is 0 Å². The van der Waals surface area contributed by atoms with Gasteiger partial charge in [-0.15, -0.1) is 0 Å². The molecule has 0 bridgehead atoms. The average molecular weight is 380 g/mol. The Morgan fingerprint density at radius 3 is 2.50 bits per heavy atom. The third kappa shape index (κ3) is 4.45. The lowest BCUT2D eigenvalue weighted by atomic mass is 9.85. The van der Waals surface area contributed by atoms with Gasteiger partial charge in [0.2, 0.25) is 15.9 Å². The molecule has 0 radical (unpaired) electrons. The Labute approximate surface area is 156 Å². The molecule has 2 aliphatic rings. The van der Waals surface area contributed by atoms with Crippen LogP contribution < -0.4 is 5.32 Å². The van der Waals surface area contributed by atoms with E-state index >= 15 is 0 Å². The quantitative estimate of drug-likeness (QED) is 0.843. The number of rotatable bonds is 5. The summed E-state index contributed by atoms with van der Waals surface area (Å²) in [6.45, 7) is 5.91. The lowest BCUT2D eigenvalue weighted by Gasteiger charge is -2.35. The fourth-order valence-corrected chi connectivity index (χ4v) is 5.30. The van der Waals surface area contributed by atoms with Crippen LogP contribution in [0.15, 0.2) is 35.2 Å². The van der Waals surface area contributed by atoms with Gasteiger partial charge in [0.15, 0.2) is 0 Å². The number of hydrogen-bond donors (Lipinski definition) is 1. The van der Waals surface area contributed by atoms with Crippen molar-refractivity contribution in [3.05, 3.63) is 30.3 Å². The Morgan fingerprint density at radius 2 is 1.88 bits per heavy atom. The van der Waals surface area contributed by atoms with Crippen LogP contribution in [0, 0.1) is 11.8 Å². The zero-order chi connectivity index (χ0) is 18.6. The number of carbonyl (C=O) groups is 1. The topological polar surface area (TPSA) is 69.7 Å². The Kier molecular flexibility index (Phi) is 6.32. The molecule has 0 aliphatic carbocycles. The van der Waals surface area contributed by atoms with E-state index in [0.717, 1.165) is 13.1 Å². The second-order valence-corrected chi connectivity index (χ2v) is 9.32. The maximum absolute atomic E-state index is 12.7. The molecule has 2 saturated heterocycles. The summed E-state index contributed by atoms with van der Waals surface area (Å²) in [5.41, 5.74) is 0. The van der Waals surface area contributed by atoms with Crippen molar-refractivity contribution in [3.8, 4) is 0 Å². The maximum atomic E-state index is 12.7. The first-order valence-corrected chi connectivity index (χ1v) is 11.0. The number of nitrogens with zero attached hydrogens (tertiary/aromatic N) is 2. The van der Waals surface area contributed by atoms with Crippen molar-refractivity contribution < 1.29 is 13.2 Å². The second kappa shape index (κ2) is 8.50. The molecule has 1 amide bonds. The molecular weight excluding hydrogens is 350 g/mol. The van der Waals surface area contributed by atoms with Gasteiger partial charge < -0.3 is 10.2 Å². The van der Waals surface area contributed by atoms with Crippen molar-refractivity contribution in [2.24, 2.45) is 11.8 Å². The van der Waals surface area contributed by atoms with Gasteiger partial charge in [0.25, 0.3) is 0 Å². The summed E-state index contributed by atoms with van der Waals surface area (Å²) in [5, 5.41) is 3.41. The van der Waals surface area contributed by atoms with Crippen molar-refractivity contribution in [2.45, 2.75) is 31.1 Å². The largest absolute Gasteiger partial charge is 0.340 e. The summed E-state index contributed by atoms with van der Waals surface area (Å²) in [4.78, 5) is 14.8. The van der Waals surface area contributed by atoms with E-state index in [9.17, 15) is 13.2 Å². The van der Waals surface area contributed by atoms with Crippen LogP contribution in [-0.4, -0.2) is 62.8 Å². The number of nitrogens with one attached hydrogen (secondary N) is 1. The van der Waals surface area contributed by atoms with Gasteiger partial charge in [0.05, 0.1) is 4.90 Å². The molecule has 6 nitrogen and oxygen atoms in total. The summed E-state index contributed by atoms with van der Waals surface area (Å²) in [7, 11) is -3.46. The fraction of sp³-hybridized carbons (Fsp3) is 0.632. The molecule has 2 fully saturated rings. The van der Waals surface area contributed by atoms with Gasteiger partial charge in [0.1, 0.15) is 0 Å². The highest BCUT2D eigenvalue weighted by Gasteiger charge is 2.31. The molecule has 1 N–H and O–H groups in total. The van der Waals surface area contributed by atoms with Gasteiger partial charge in [-0.25, -0.2) is 8.42 Å². The Balaban J connectivity index is 1.52. The summed E-state index contributed by atoms with van der Waals surface area (Å²) in [6.07, 6.45) is 2.92. The number of sulfonamides is 1. The summed E-state index contributed by atoms with van der Waals surface area (Å²) >= 11 is 0. The molecule has 26 heavy (non-hydrogen) atoms. The van der Waals surface area contributed by atoms with Gasteiger partial charge >= 0.3 is 0 Å². The van der Waals surface area contributed by atoms with E-state index in [2.05, 4.69) is 12.2 Å². The van der Waals surface area contributed by atoms with E-state index in [1.54, 1.807) is 30.3 Å². The minimum Gasteiger partial charge on any atom is -0.340 e. The van der Waals surface area contributed by atoms with Crippen molar-refractivity contribution in [1.82, 2.24) is 14.5 Å². The summed E-state index contributed by atoms with van der Waals surface area (Å²) < 4.78 is 26.8. The van der Waals surface area contributed by atoms with Gasteiger partial charge in [0, 0.05) is 32.6 Å². The van der Waals surface area contributed by atoms with Crippen LogP contribution in [0.1, 0.15) is 26.2 Å². The lowest BCUT2D eigenvalue weighted by Crippen LogP contribution is -2.51. The van der Waals surface area contributed by atoms with Crippen LogP contribution in [0.5, 0.6) is 0 Å². The molecule has 0 saturated carbocycles. The monoisotopic (exact) mass is 379 g/mol. The molecule has 0 aromatic heterocycles. The van der Waals surface area contributed by atoms with E-state index in [1.165, 1.54) is 17.1 Å². The van der Waals surface area contributed by atoms with Crippen LogP contribution in [0.2, 0.25) is 0 Å². The third-order valence-corrected chi connectivity index (χ3v) is 7.52. The molecule has 144 valence electrons. The molecule has 2 aliphatic heterocycles. The molecule has 1 aromatic rings. The molecule has 3 rings (SSSR count). The number of piperazine rings is 1. The van der Waals surface area contributed by atoms with Crippen LogP contribution >= 0.6 is 0 Å². The zero-order valence-corrected chi connectivity index (χ0v) is 16.2. The molecule has 7 heteroatoms. The maximum Gasteiger partial charge on any atom is 0.243 e. The van der Waals surface area contributed by atoms with Gasteiger partial charge in [-0.1, -0.05) is 25.1 Å². The molecular formula is C19H29N3O3S. The Morgan fingerprint density at radius 1 is 1.19 bits per heavy atom. The standard InChI is InChI=1S/C19H29N3O3S/c1-16(17-6-5-9-20-15-17)14-19(23)21-10-12-22(13-11-21)26(24,25)18-7-3-2-4-8-18/h2-4,7-8,16-17,20H,5-6,9-15H2,1H3. The number of benzene rings is 1. The zero-order valence-electron chi connectivity index (χ0n) is 15.4. The molecule has 2 atom stereocenters. The smallest absolute Gasteiger partial charge is 0.243 e. The third-order valence-electron chi connectivity index (χ3n) is 5.61. The minimum absolute atomic E-state index is 0.153. The number of amides is 1. The Bertz CT molecular complexity index is 694. The fourth-order valence-electron chi connectivity index (χ4n) is 3.86. The van der Waals surface area contributed by atoms with E-state index < -0.39 is 10.0 Å². The average Bonchev–Trinajstić information content (AvgIpc) is 2.69. The van der Waals surface area contributed by atoms with Crippen molar-refractivity contribution in [1.29, 1.82) is 0 Å². The number of piperidine rings is 1. The van der Waals surface area contributed by atoms with E-state index in [4.69, 9.17) is 0 Å². The van der Waals surface area contributed by atoms with Crippen molar-refractivity contribution >= 4 is 15.9 Å². The van der Waals surface area contributed by atoms with Gasteiger partial charge in [-0.05, 0) is 49.9 Å². The second-order valence-electron chi connectivity index (χ2n) is 7.39. The highest BCUT2D eigenvalue weighted by atomic mass is 32.2. The van der Waals surface area contributed by atoms with Crippen molar-refractivity contribution in [2.75, 3.05) is 39.3 Å². The molecule has 0 spiro atoms. The first kappa shape index (κ1) is 19.3. The SMILES string of the molecule is CC(CC(=O)N1CCN(S(=O)(=O)c2ccccc2)CC1)C1CCCNC1. The predicted molar refractivity (Wildman–Crippen MR) is 101 cm³/mol. The van der Waals surface area contributed by atoms with Crippen LogP contribution in [-0.2, 0) is 14.8 Å². The number of carbonyl (C=O) groups excluding carboxylic acids is 1. The van der Waals surface area contributed by atoms with Crippen LogP contribution in [0.25, 0.3) is 0 Å². The van der Waals surface area contributed by atoms with Crippen molar-refractivity contribution in [3.63, 3.8) is 0 Å². The predicted octanol–water partition coefficient (Wildman–Crippen LogP) is 1.55. The molecule has 1 aromatic carbocycles. The first-order valence-electron chi connectivity index (χ1n) is 9.52. The molecule has 2 unspecified atom stereocenters. The normalized spacial score (nSPS) is 23.6. The van der Waals surface area contributed by atoms with Gasteiger partial charge in [-0.2, -0.15) is 4.31 Å². The summed E-state index contributed by atoms with van der Waals surface area (Å²) in [5.74, 6) is 1.08. The number of hydrogen-bond acceptors (Lipinski definition) is 4. The van der Waals surface area contributed by atoms with E-state index in [1.807, 2.05) is 4.90 Å². The highest BCUT2D eigenvalue weighted by Crippen LogP contribution is 2.24. The molecule has 2 heterocycles. The minimum atomic E-state index is -3.46. The van der Waals surface area contributed by atoms with E-state index in [0.29, 0.717) is 49.3 Å². The highest BCUT2D eigenvalue weighted by molar-refractivity contribution is 7.89. The Hall–Kier alpha value is -1.44. The lowest BCUT2D eigenvalue weighted by molar-refractivity contribution is -0.133. The first-order chi connectivity index (χ1) is 12.5. The summed E-state index contributed by atoms with van der Waals surface area (Å²) in [6, 6.07) is 8.50. The van der Waals surface area contributed by atoms with Crippen LogP contribution in [0.4, 0.5) is 0 Å². The van der Waals surface area contributed by atoms with E-state index in [-0.39, 0.29) is 5.91 Å². The van der Waals surface area contributed by atoms with Gasteiger partial charge in [-0.3, -0.25) is 4.79 Å².